The summed E-state index contributed by atoms with van der Waals surface area (Å²) in [6.07, 6.45) is 0.854. The standard InChI is InChI=1S/C5H12FN/c1-2-5(3-6)4-7/h5H,2-4,7H2,1H3. The average molecular weight is 105 g/mol. The highest BCUT2D eigenvalue weighted by Crippen LogP contribution is 1.98. The summed E-state index contributed by atoms with van der Waals surface area (Å²) >= 11 is 0. The second-order valence-corrected chi connectivity index (χ2v) is 1.66. The van der Waals surface area contributed by atoms with Gasteiger partial charge in [0, 0.05) is 0 Å². The van der Waals surface area contributed by atoms with Crippen LogP contribution in [-0.2, 0) is 0 Å². The van der Waals surface area contributed by atoms with Crippen LogP contribution >= 0.6 is 0 Å². The zero-order valence-corrected chi connectivity index (χ0v) is 4.65. The van der Waals surface area contributed by atoms with Gasteiger partial charge >= 0.3 is 0 Å². The van der Waals surface area contributed by atoms with E-state index in [0.717, 1.165) is 6.42 Å². The Balaban J connectivity index is 2.99. The van der Waals surface area contributed by atoms with Gasteiger partial charge in [-0.3, -0.25) is 4.39 Å². The predicted octanol–water partition coefficient (Wildman–Crippen LogP) is 0.941. The predicted molar refractivity (Wildman–Crippen MR) is 28.8 cm³/mol. The highest BCUT2D eigenvalue weighted by atomic mass is 19.1. The third-order valence-corrected chi connectivity index (χ3v) is 1.13. The lowest BCUT2D eigenvalue weighted by Crippen LogP contribution is -2.14. The van der Waals surface area contributed by atoms with E-state index in [0.29, 0.717) is 6.54 Å². The van der Waals surface area contributed by atoms with Gasteiger partial charge in [0.15, 0.2) is 0 Å². The molecule has 2 N–H and O–H groups in total. The molecule has 0 aliphatic heterocycles. The summed E-state index contributed by atoms with van der Waals surface area (Å²) in [5.74, 6) is 0.0972. The molecule has 0 aromatic carbocycles. The Morgan fingerprint density at radius 2 is 2.29 bits per heavy atom. The van der Waals surface area contributed by atoms with Crippen molar-refractivity contribution < 1.29 is 4.39 Å². The molecule has 1 nitrogen and oxygen atoms in total. The summed E-state index contributed by atoms with van der Waals surface area (Å²) < 4.78 is 11.6. The summed E-state index contributed by atoms with van der Waals surface area (Å²) in [4.78, 5) is 0. The molecule has 0 bridgehead atoms. The van der Waals surface area contributed by atoms with Gasteiger partial charge in [-0.15, -0.1) is 0 Å². The van der Waals surface area contributed by atoms with Crippen molar-refractivity contribution >= 4 is 0 Å². The lowest BCUT2D eigenvalue weighted by Gasteiger charge is -2.02. The fourth-order valence-electron chi connectivity index (χ4n) is 0.339. The number of alkyl halides is 1. The van der Waals surface area contributed by atoms with E-state index in [1.54, 1.807) is 0 Å². The quantitative estimate of drug-likeness (QED) is 0.568. The van der Waals surface area contributed by atoms with Crippen LogP contribution in [-0.4, -0.2) is 13.2 Å². The molecule has 2 heteroatoms. The molecule has 0 aliphatic rings. The van der Waals surface area contributed by atoms with Crippen molar-refractivity contribution in [3.8, 4) is 0 Å². The van der Waals surface area contributed by atoms with E-state index in [1.807, 2.05) is 6.92 Å². The van der Waals surface area contributed by atoms with E-state index in [-0.39, 0.29) is 12.6 Å². The average Bonchev–Trinajstić information content (AvgIpc) is 1.72. The van der Waals surface area contributed by atoms with Crippen molar-refractivity contribution in [2.24, 2.45) is 11.7 Å². The molecule has 0 aliphatic carbocycles. The van der Waals surface area contributed by atoms with Crippen LogP contribution in [0.1, 0.15) is 13.3 Å². The van der Waals surface area contributed by atoms with Crippen molar-refractivity contribution in [3.63, 3.8) is 0 Å². The second kappa shape index (κ2) is 4.06. The van der Waals surface area contributed by atoms with Crippen LogP contribution in [0.25, 0.3) is 0 Å². The van der Waals surface area contributed by atoms with Gasteiger partial charge in [0.25, 0.3) is 0 Å². The molecule has 7 heavy (non-hydrogen) atoms. The Morgan fingerprint density at radius 3 is 2.29 bits per heavy atom. The number of halogens is 1. The fourth-order valence-corrected chi connectivity index (χ4v) is 0.339. The van der Waals surface area contributed by atoms with Crippen molar-refractivity contribution in [1.82, 2.24) is 0 Å². The molecule has 0 saturated heterocycles. The summed E-state index contributed by atoms with van der Waals surface area (Å²) in [5, 5.41) is 0. The van der Waals surface area contributed by atoms with Gasteiger partial charge in [-0.1, -0.05) is 6.92 Å². The molecule has 0 aromatic heterocycles. The molecule has 0 spiro atoms. The van der Waals surface area contributed by atoms with Gasteiger partial charge in [0.05, 0.1) is 6.67 Å². The second-order valence-electron chi connectivity index (χ2n) is 1.66. The lowest BCUT2D eigenvalue weighted by atomic mass is 10.1. The Morgan fingerprint density at radius 1 is 1.71 bits per heavy atom. The fraction of sp³-hybridized carbons (Fsp3) is 1.00. The molecule has 44 valence electrons. The molecule has 0 amide bonds. The van der Waals surface area contributed by atoms with E-state index in [2.05, 4.69) is 0 Å². The minimum atomic E-state index is -0.271. The zero-order chi connectivity index (χ0) is 5.70. The SMILES string of the molecule is CCC(CN)CF. The van der Waals surface area contributed by atoms with Crippen LogP contribution in [0.15, 0.2) is 0 Å². The summed E-state index contributed by atoms with van der Waals surface area (Å²) in [7, 11) is 0. The first-order valence-corrected chi connectivity index (χ1v) is 2.61. The van der Waals surface area contributed by atoms with Crippen LogP contribution in [0.2, 0.25) is 0 Å². The number of hydrogen-bond acceptors (Lipinski definition) is 1. The first kappa shape index (κ1) is 6.89. The van der Waals surface area contributed by atoms with Gasteiger partial charge in [-0.05, 0) is 18.9 Å². The summed E-state index contributed by atoms with van der Waals surface area (Å²) in [6.45, 7) is 2.15. The molecule has 1 atom stereocenters. The Labute approximate surface area is 43.7 Å². The summed E-state index contributed by atoms with van der Waals surface area (Å²) in [6, 6.07) is 0. The minimum absolute atomic E-state index is 0.0972. The first-order valence-electron chi connectivity index (χ1n) is 2.61. The molecule has 0 saturated carbocycles. The molecule has 0 aromatic rings. The zero-order valence-electron chi connectivity index (χ0n) is 4.65. The van der Waals surface area contributed by atoms with Gasteiger partial charge in [0.1, 0.15) is 0 Å². The highest BCUT2D eigenvalue weighted by molar-refractivity contribution is 4.52. The van der Waals surface area contributed by atoms with E-state index >= 15 is 0 Å². The Bertz CT molecular complexity index is 29.6. The van der Waals surface area contributed by atoms with Crippen molar-refractivity contribution in [1.29, 1.82) is 0 Å². The summed E-state index contributed by atoms with van der Waals surface area (Å²) in [5.41, 5.74) is 5.15. The van der Waals surface area contributed by atoms with Crippen LogP contribution in [0.5, 0.6) is 0 Å². The molecule has 0 heterocycles. The molecule has 0 radical (unpaired) electrons. The Kier molecular flexibility index (Phi) is 4.00. The molecular weight excluding hydrogens is 93.1 g/mol. The van der Waals surface area contributed by atoms with Crippen molar-refractivity contribution in [3.05, 3.63) is 0 Å². The lowest BCUT2D eigenvalue weighted by molar-refractivity contribution is 0.359. The monoisotopic (exact) mass is 105 g/mol. The molecular formula is C5H12FN. The highest BCUT2D eigenvalue weighted by Gasteiger charge is 1.99. The number of nitrogens with two attached hydrogens (primary N) is 1. The minimum Gasteiger partial charge on any atom is -0.330 e. The van der Waals surface area contributed by atoms with E-state index in [4.69, 9.17) is 5.73 Å². The van der Waals surface area contributed by atoms with Crippen LogP contribution in [0.4, 0.5) is 4.39 Å². The maximum absolute atomic E-state index is 11.6. The van der Waals surface area contributed by atoms with Gasteiger partial charge in [-0.25, -0.2) is 0 Å². The number of hydrogen-bond donors (Lipinski definition) is 1. The van der Waals surface area contributed by atoms with Crippen LogP contribution in [0, 0.1) is 5.92 Å². The third-order valence-electron chi connectivity index (χ3n) is 1.13. The van der Waals surface area contributed by atoms with Crippen LogP contribution in [0.3, 0.4) is 0 Å². The maximum atomic E-state index is 11.6. The first-order chi connectivity index (χ1) is 3.35. The largest absolute Gasteiger partial charge is 0.330 e. The van der Waals surface area contributed by atoms with Crippen LogP contribution < -0.4 is 5.73 Å². The van der Waals surface area contributed by atoms with Crippen molar-refractivity contribution in [2.45, 2.75) is 13.3 Å². The van der Waals surface area contributed by atoms with Crippen molar-refractivity contribution in [2.75, 3.05) is 13.2 Å². The normalized spacial score (nSPS) is 14.1. The van der Waals surface area contributed by atoms with Gasteiger partial charge in [-0.2, -0.15) is 0 Å². The van der Waals surface area contributed by atoms with E-state index < -0.39 is 0 Å². The topological polar surface area (TPSA) is 26.0 Å². The molecule has 0 fully saturated rings. The van der Waals surface area contributed by atoms with E-state index in [1.165, 1.54) is 0 Å². The smallest absolute Gasteiger partial charge is 0.0934 e. The molecule has 0 rings (SSSR count). The maximum Gasteiger partial charge on any atom is 0.0934 e. The number of rotatable bonds is 3. The third kappa shape index (κ3) is 2.57. The van der Waals surface area contributed by atoms with E-state index in [9.17, 15) is 4.39 Å². The van der Waals surface area contributed by atoms with Gasteiger partial charge in [0.2, 0.25) is 0 Å². The van der Waals surface area contributed by atoms with Gasteiger partial charge < -0.3 is 5.73 Å². The Hall–Kier alpha value is -0.110. The molecule has 1 unspecified atom stereocenters.